The number of pyridine rings is 1. The molecule has 1 aromatic heterocycles. The fraction of sp³-hybridized carbons (Fsp3) is 0.333. The molecule has 0 atom stereocenters. The van der Waals surface area contributed by atoms with Crippen LogP contribution in [0, 0.1) is 0 Å². The summed E-state index contributed by atoms with van der Waals surface area (Å²) < 4.78 is 5.33. The molecule has 3 rings (SSSR count). The van der Waals surface area contributed by atoms with Crippen LogP contribution < -0.4 is 10.6 Å². The van der Waals surface area contributed by atoms with Crippen LogP contribution in [0.1, 0.15) is 10.4 Å². The number of halogens is 2. The van der Waals surface area contributed by atoms with E-state index >= 15 is 0 Å². The van der Waals surface area contributed by atoms with E-state index in [1.807, 2.05) is 0 Å². The van der Waals surface area contributed by atoms with E-state index in [1.165, 1.54) is 6.20 Å². The molecule has 2 aromatic rings. The molecular formula is C18H20Cl2N4O2. The number of amides is 1. The number of carbonyl (C=O) groups excluding carboxylic acids is 1. The highest BCUT2D eigenvalue weighted by Crippen LogP contribution is 2.30. The lowest BCUT2D eigenvalue weighted by Gasteiger charge is -2.26. The number of morpholine rings is 1. The zero-order valence-electron chi connectivity index (χ0n) is 14.2. The Hall–Kier alpha value is -1.86. The molecule has 1 aliphatic rings. The first kappa shape index (κ1) is 18.9. The van der Waals surface area contributed by atoms with E-state index in [-0.39, 0.29) is 5.91 Å². The molecule has 0 unspecified atom stereocenters. The molecule has 0 spiro atoms. The van der Waals surface area contributed by atoms with E-state index in [0.717, 1.165) is 45.2 Å². The molecule has 2 heterocycles. The van der Waals surface area contributed by atoms with Gasteiger partial charge in [-0.3, -0.25) is 9.69 Å². The molecule has 1 aromatic carbocycles. The van der Waals surface area contributed by atoms with Gasteiger partial charge in [0.05, 0.1) is 34.5 Å². The van der Waals surface area contributed by atoms with Gasteiger partial charge in [0, 0.05) is 32.4 Å². The number of hydrogen-bond donors (Lipinski definition) is 2. The predicted octanol–water partition coefficient (Wildman–Crippen LogP) is 3.38. The highest BCUT2D eigenvalue weighted by molar-refractivity contribution is 6.40. The monoisotopic (exact) mass is 394 g/mol. The summed E-state index contributed by atoms with van der Waals surface area (Å²) >= 11 is 12.1. The van der Waals surface area contributed by atoms with Crippen LogP contribution in [0.2, 0.25) is 10.0 Å². The highest BCUT2D eigenvalue weighted by atomic mass is 35.5. The van der Waals surface area contributed by atoms with E-state index in [1.54, 1.807) is 30.3 Å². The van der Waals surface area contributed by atoms with Gasteiger partial charge in [-0.15, -0.1) is 0 Å². The molecule has 26 heavy (non-hydrogen) atoms. The van der Waals surface area contributed by atoms with Gasteiger partial charge in [0.2, 0.25) is 0 Å². The third-order valence-electron chi connectivity index (χ3n) is 4.06. The van der Waals surface area contributed by atoms with Crippen molar-refractivity contribution in [1.82, 2.24) is 9.88 Å². The summed E-state index contributed by atoms with van der Waals surface area (Å²) in [5, 5.41) is 6.76. The molecule has 1 amide bonds. The summed E-state index contributed by atoms with van der Waals surface area (Å²) in [6, 6.07) is 8.55. The first-order chi connectivity index (χ1) is 12.6. The van der Waals surface area contributed by atoms with Gasteiger partial charge < -0.3 is 15.4 Å². The Morgan fingerprint density at radius 3 is 2.54 bits per heavy atom. The first-order valence-corrected chi connectivity index (χ1v) is 9.14. The Kier molecular flexibility index (Phi) is 6.68. The number of nitrogens with one attached hydrogen (secondary N) is 2. The molecule has 138 valence electrons. The average Bonchev–Trinajstić information content (AvgIpc) is 2.66. The number of aromatic nitrogens is 1. The molecule has 2 N–H and O–H groups in total. The largest absolute Gasteiger partial charge is 0.379 e. The highest BCUT2D eigenvalue weighted by Gasteiger charge is 2.12. The van der Waals surface area contributed by atoms with E-state index in [0.29, 0.717) is 21.3 Å². The lowest BCUT2D eigenvalue weighted by atomic mass is 10.2. The normalized spacial score (nSPS) is 14.8. The van der Waals surface area contributed by atoms with Crippen LogP contribution in [-0.4, -0.2) is 55.2 Å². The maximum absolute atomic E-state index is 12.3. The molecule has 1 fully saturated rings. The zero-order valence-corrected chi connectivity index (χ0v) is 15.7. The number of para-hydroxylation sites is 1. The van der Waals surface area contributed by atoms with Crippen molar-refractivity contribution in [3.8, 4) is 0 Å². The Labute approximate surface area is 162 Å². The molecule has 1 aliphatic heterocycles. The third kappa shape index (κ3) is 5.08. The topological polar surface area (TPSA) is 66.5 Å². The summed E-state index contributed by atoms with van der Waals surface area (Å²) in [6.07, 6.45) is 1.52. The van der Waals surface area contributed by atoms with Crippen LogP contribution >= 0.6 is 23.2 Å². The second kappa shape index (κ2) is 9.19. The van der Waals surface area contributed by atoms with Crippen molar-refractivity contribution in [1.29, 1.82) is 0 Å². The van der Waals surface area contributed by atoms with Crippen LogP contribution in [0.15, 0.2) is 36.5 Å². The van der Waals surface area contributed by atoms with Gasteiger partial charge >= 0.3 is 0 Å². The second-order valence-electron chi connectivity index (χ2n) is 5.86. The van der Waals surface area contributed by atoms with Crippen LogP contribution in [0.25, 0.3) is 0 Å². The standard InChI is InChI=1S/C18H20Cl2N4O2/c19-14-2-1-3-15(20)17(14)23-18(25)13-4-5-16(22-12-13)21-6-7-24-8-10-26-11-9-24/h1-5,12H,6-11H2,(H,21,22)(H,23,25). The summed E-state index contributed by atoms with van der Waals surface area (Å²) in [4.78, 5) is 19.0. The summed E-state index contributed by atoms with van der Waals surface area (Å²) in [5.74, 6) is 0.415. The minimum absolute atomic E-state index is 0.313. The fourth-order valence-corrected chi connectivity index (χ4v) is 3.09. The Balaban J connectivity index is 1.52. The lowest BCUT2D eigenvalue weighted by molar-refractivity contribution is 0.0398. The van der Waals surface area contributed by atoms with Gasteiger partial charge in [-0.2, -0.15) is 0 Å². The third-order valence-corrected chi connectivity index (χ3v) is 4.69. The first-order valence-electron chi connectivity index (χ1n) is 8.39. The van der Waals surface area contributed by atoms with Crippen molar-refractivity contribution in [3.63, 3.8) is 0 Å². The molecule has 0 saturated carbocycles. The quantitative estimate of drug-likeness (QED) is 0.785. The maximum Gasteiger partial charge on any atom is 0.257 e. The predicted molar refractivity (Wildman–Crippen MR) is 104 cm³/mol. The maximum atomic E-state index is 12.3. The zero-order chi connectivity index (χ0) is 18.4. The SMILES string of the molecule is O=C(Nc1c(Cl)cccc1Cl)c1ccc(NCCN2CCOCC2)nc1. The average molecular weight is 395 g/mol. The van der Waals surface area contributed by atoms with Crippen LogP contribution in [0.4, 0.5) is 11.5 Å². The molecule has 6 nitrogen and oxygen atoms in total. The minimum atomic E-state index is -0.313. The van der Waals surface area contributed by atoms with Crippen molar-refractivity contribution in [2.45, 2.75) is 0 Å². The van der Waals surface area contributed by atoms with Crippen molar-refractivity contribution in [2.75, 3.05) is 50.0 Å². The van der Waals surface area contributed by atoms with Gasteiger partial charge in [-0.1, -0.05) is 29.3 Å². The van der Waals surface area contributed by atoms with E-state index in [2.05, 4.69) is 20.5 Å². The Morgan fingerprint density at radius 1 is 1.15 bits per heavy atom. The summed E-state index contributed by atoms with van der Waals surface area (Å²) in [6.45, 7) is 5.21. The van der Waals surface area contributed by atoms with E-state index < -0.39 is 0 Å². The second-order valence-corrected chi connectivity index (χ2v) is 6.68. The number of anilines is 2. The minimum Gasteiger partial charge on any atom is -0.379 e. The molecule has 1 saturated heterocycles. The molecular weight excluding hydrogens is 375 g/mol. The molecule has 0 radical (unpaired) electrons. The number of rotatable bonds is 6. The Bertz CT molecular complexity index is 729. The van der Waals surface area contributed by atoms with Crippen molar-refractivity contribution >= 4 is 40.6 Å². The van der Waals surface area contributed by atoms with Crippen molar-refractivity contribution in [2.24, 2.45) is 0 Å². The molecule has 8 heteroatoms. The number of carbonyl (C=O) groups is 1. The van der Waals surface area contributed by atoms with Crippen molar-refractivity contribution < 1.29 is 9.53 Å². The lowest BCUT2D eigenvalue weighted by Crippen LogP contribution is -2.39. The summed E-state index contributed by atoms with van der Waals surface area (Å²) in [5.41, 5.74) is 0.827. The van der Waals surface area contributed by atoms with E-state index in [9.17, 15) is 4.79 Å². The number of hydrogen-bond acceptors (Lipinski definition) is 5. The van der Waals surface area contributed by atoms with Gasteiger partial charge in [0.25, 0.3) is 5.91 Å². The molecule has 0 aliphatic carbocycles. The number of benzene rings is 1. The van der Waals surface area contributed by atoms with Gasteiger partial charge in [-0.25, -0.2) is 4.98 Å². The van der Waals surface area contributed by atoms with E-state index in [4.69, 9.17) is 27.9 Å². The fourth-order valence-electron chi connectivity index (χ4n) is 2.60. The smallest absolute Gasteiger partial charge is 0.257 e. The molecule has 0 bridgehead atoms. The van der Waals surface area contributed by atoms with Crippen molar-refractivity contribution in [3.05, 3.63) is 52.1 Å². The van der Waals surface area contributed by atoms with Gasteiger partial charge in [0.1, 0.15) is 5.82 Å². The van der Waals surface area contributed by atoms with Crippen LogP contribution in [0.5, 0.6) is 0 Å². The van der Waals surface area contributed by atoms with Gasteiger partial charge in [0.15, 0.2) is 0 Å². The van der Waals surface area contributed by atoms with Crippen LogP contribution in [-0.2, 0) is 4.74 Å². The number of ether oxygens (including phenoxy) is 1. The van der Waals surface area contributed by atoms with Gasteiger partial charge in [-0.05, 0) is 24.3 Å². The van der Waals surface area contributed by atoms with Crippen LogP contribution in [0.3, 0.4) is 0 Å². The summed E-state index contributed by atoms with van der Waals surface area (Å²) in [7, 11) is 0. The Morgan fingerprint density at radius 2 is 1.88 bits per heavy atom. The number of nitrogens with zero attached hydrogens (tertiary/aromatic N) is 2.